The SMILES string of the molecule is Cc1ccc(NS(=O)(=O)c2ccc(/C=C/C(=O)[O-])cc2)cc1Cl. The molecule has 0 amide bonds. The molecule has 0 fully saturated rings. The van der Waals surface area contributed by atoms with Crippen LogP contribution in [0.15, 0.2) is 53.4 Å². The number of benzene rings is 2. The molecule has 0 aliphatic carbocycles. The van der Waals surface area contributed by atoms with Gasteiger partial charge in [0.15, 0.2) is 0 Å². The van der Waals surface area contributed by atoms with Gasteiger partial charge < -0.3 is 9.90 Å². The second-order valence-corrected chi connectivity index (χ2v) is 6.88. The van der Waals surface area contributed by atoms with Crippen LogP contribution in [0.4, 0.5) is 5.69 Å². The van der Waals surface area contributed by atoms with E-state index in [1.165, 1.54) is 36.4 Å². The van der Waals surface area contributed by atoms with Gasteiger partial charge in [0, 0.05) is 5.02 Å². The number of carboxylic acid groups (broad SMARTS) is 1. The minimum Gasteiger partial charge on any atom is -0.545 e. The molecule has 0 saturated heterocycles. The quantitative estimate of drug-likeness (QED) is 0.838. The van der Waals surface area contributed by atoms with Crippen molar-refractivity contribution in [3.05, 3.63) is 64.7 Å². The highest BCUT2D eigenvalue weighted by Crippen LogP contribution is 2.22. The molecule has 0 spiro atoms. The average Bonchev–Trinajstić information content (AvgIpc) is 2.49. The molecule has 0 aliphatic rings. The molecule has 0 aromatic heterocycles. The summed E-state index contributed by atoms with van der Waals surface area (Å²) in [5.74, 6) is -1.32. The van der Waals surface area contributed by atoms with Crippen molar-refractivity contribution in [2.45, 2.75) is 11.8 Å². The lowest BCUT2D eigenvalue weighted by Crippen LogP contribution is -2.18. The van der Waals surface area contributed by atoms with Crippen molar-refractivity contribution in [1.29, 1.82) is 0 Å². The van der Waals surface area contributed by atoms with E-state index in [2.05, 4.69) is 4.72 Å². The molecule has 0 bridgehead atoms. The Labute approximate surface area is 139 Å². The van der Waals surface area contributed by atoms with E-state index in [4.69, 9.17) is 11.6 Å². The summed E-state index contributed by atoms with van der Waals surface area (Å²) in [7, 11) is -3.75. The highest BCUT2D eigenvalue weighted by molar-refractivity contribution is 7.92. The van der Waals surface area contributed by atoms with Crippen molar-refractivity contribution < 1.29 is 18.3 Å². The molecule has 120 valence electrons. The van der Waals surface area contributed by atoms with Gasteiger partial charge in [0.1, 0.15) is 0 Å². The molecule has 7 heteroatoms. The third kappa shape index (κ3) is 4.58. The van der Waals surface area contributed by atoms with Gasteiger partial charge in [-0.3, -0.25) is 4.72 Å². The predicted molar refractivity (Wildman–Crippen MR) is 87.5 cm³/mol. The second-order valence-electron chi connectivity index (χ2n) is 4.79. The standard InChI is InChI=1S/C16H14ClNO4S/c1-11-2-6-13(10-15(11)17)18-23(21,22)14-7-3-12(4-8-14)5-9-16(19)20/h2-10,18H,1H3,(H,19,20)/p-1/b9-5+. The minimum absolute atomic E-state index is 0.0554. The number of nitrogens with one attached hydrogen (secondary N) is 1. The Bertz CT molecular complexity index is 858. The maximum atomic E-state index is 12.3. The van der Waals surface area contributed by atoms with Gasteiger partial charge in [0.05, 0.1) is 16.6 Å². The van der Waals surface area contributed by atoms with Gasteiger partial charge in [0.25, 0.3) is 10.0 Å². The number of aliphatic carboxylic acids is 1. The zero-order valence-corrected chi connectivity index (χ0v) is 13.7. The number of halogens is 1. The van der Waals surface area contributed by atoms with Gasteiger partial charge in [-0.1, -0.05) is 35.9 Å². The molecule has 5 nitrogen and oxygen atoms in total. The predicted octanol–water partition coefficient (Wildman–Crippen LogP) is 2.21. The normalized spacial score (nSPS) is 11.6. The molecule has 0 heterocycles. The Morgan fingerprint density at radius 2 is 1.83 bits per heavy atom. The lowest BCUT2D eigenvalue weighted by atomic mass is 10.2. The second kappa shape index (κ2) is 6.85. The minimum atomic E-state index is -3.75. The van der Waals surface area contributed by atoms with Gasteiger partial charge in [-0.05, 0) is 48.4 Å². The molecular formula is C16H13ClNO4S-. The van der Waals surface area contributed by atoms with Crippen LogP contribution in [0.5, 0.6) is 0 Å². The van der Waals surface area contributed by atoms with E-state index in [0.29, 0.717) is 16.3 Å². The van der Waals surface area contributed by atoms with Gasteiger partial charge >= 0.3 is 0 Å². The third-order valence-electron chi connectivity index (χ3n) is 3.03. The molecule has 0 radical (unpaired) electrons. The van der Waals surface area contributed by atoms with Crippen molar-refractivity contribution in [3.63, 3.8) is 0 Å². The van der Waals surface area contributed by atoms with E-state index in [-0.39, 0.29) is 4.90 Å². The van der Waals surface area contributed by atoms with E-state index in [1.807, 2.05) is 6.92 Å². The molecule has 0 unspecified atom stereocenters. The number of rotatable bonds is 5. The molecule has 0 aliphatic heterocycles. The first-order chi connectivity index (χ1) is 10.8. The largest absolute Gasteiger partial charge is 0.545 e. The summed E-state index contributed by atoms with van der Waals surface area (Å²) in [6, 6.07) is 10.6. The summed E-state index contributed by atoms with van der Waals surface area (Å²) >= 11 is 5.97. The van der Waals surface area contributed by atoms with Crippen LogP contribution in [0, 0.1) is 6.92 Å². The average molecular weight is 351 g/mol. The molecule has 2 aromatic carbocycles. The van der Waals surface area contributed by atoms with E-state index in [1.54, 1.807) is 12.1 Å². The molecule has 0 atom stereocenters. The molecule has 0 saturated carbocycles. The van der Waals surface area contributed by atoms with Crippen molar-refractivity contribution in [3.8, 4) is 0 Å². The fourth-order valence-electron chi connectivity index (χ4n) is 1.79. The topological polar surface area (TPSA) is 86.3 Å². The fraction of sp³-hybridized carbons (Fsp3) is 0.0625. The van der Waals surface area contributed by atoms with Crippen LogP contribution >= 0.6 is 11.6 Å². The van der Waals surface area contributed by atoms with E-state index < -0.39 is 16.0 Å². The Balaban J connectivity index is 2.22. The van der Waals surface area contributed by atoms with E-state index >= 15 is 0 Å². The van der Waals surface area contributed by atoms with Crippen molar-refractivity contribution >= 4 is 39.4 Å². The summed E-state index contributed by atoms with van der Waals surface area (Å²) in [4.78, 5) is 10.4. The first-order valence-corrected chi connectivity index (χ1v) is 8.42. The smallest absolute Gasteiger partial charge is 0.261 e. The zero-order valence-electron chi connectivity index (χ0n) is 12.1. The summed E-state index contributed by atoms with van der Waals surface area (Å²) in [6.45, 7) is 1.82. The van der Waals surface area contributed by atoms with Gasteiger partial charge in [-0.2, -0.15) is 0 Å². The Kier molecular flexibility index (Phi) is 5.08. The van der Waals surface area contributed by atoms with Crippen LogP contribution in [0.1, 0.15) is 11.1 Å². The van der Waals surface area contributed by atoms with Crippen LogP contribution in [-0.4, -0.2) is 14.4 Å². The zero-order chi connectivity index (χ0) is 17.0. The van der Waals surface area contributed by atoms with Crippen molar-refractivity contribution in [2.24, 2.45) is 0 Å². The number of anilines is 1. The maximum absolute atomic E-state index is 12.3. The van der Waals surface area contributed by atoms with E-state index in [0.717, 1.165) is 11.6 Å². The van der Waals surface area contributed by atoms with Crippen molar-refractivity contribution in [1.82, 2.24) is 0 Å². The van der Waals surface area contributed by atoms with Crippen LogP contribution in [0.25, 0.3) is 6.08 Å². The molecule has 2 aromatic rings. The van der Waals surface area contributed by atoms with Crippen LogP contribution in [0.3, 0.4) is 0 Å². The fourth-order valence-corrected chi connectivity index (χ4v) is 3.02. The molecule has 23 heavy (non-hydrogen) atoms. The molecular weight excluding hydrogens is 338 g/mol. The maximum Gasteiger partial charge on any atom is 0.261 e. The number of carboxylic acids is 1. The monoisotopic (exact) mass is 350 g/mol. The Morgan fingerprint density at radius 1 is 1.17 bits per heavy atom. The first kappa shape index (κ1) is 17.1. The van der Waals surface area contributed by atoms with Gasteiger partial charge in [-0.15, -0.1) is 0 Å². The summed E-state index contributed by atoms with van der Waals surface area (Å²) in [5.41, 5.74) is 1.76. The van der Waals surface area contributed by atoms with Gasteiger partial charge in [0.2, 0.25) is 0 Å². The Morgan fingerprint density at radius 3 is 2.39 bits per heavy atom. The lowest BCUT2D eigenvalue weighted by molar-refractivity contribution is -0.297. The first-order valence-electron chi connectivity index (χ1n) is 6.56. The number of hydrogen-bond donors (Lipinski definition) is 1. The number of carbonyl (C=O) groups is 1. The van der Waals surface area contributed by atoms with Crippen LogP contribution < -0.4 is 9.83 Å². The number of aryl methyl sites for hydroxylation is 1. The summed E-state index contributed by atoms with van der Waals surface area (Å²) in [6.07, 6.45) is 2.19. The number of hydrogen-bond acceptors (Lipinski definition) is 4. The summed E-state index contributed by atoms with van der Waals surface area (Å²) < 4.78 is 27.0. The molecule has 2 rings (SSSR count). The Hall–Kier alpha value is -2.31. The third-order valence-corrected chi connectivity index (χ3v) is 4.83. The van der Waals surface area contributed by atoms with E-state index in [9.17, 15) is 18.3 Å². The van der Waals surface area contributed by atoms with Crippen LogP contribution in [-0.2, 0) is 14.8 Å². The van der Waals surface area contributed by atoms with Gasteiger partial charge in [-0.25, -0.2) is 8.42 Å². The highest BCUT2D eigenvalue weighted by Gasteiger charge is 2.14. The van der Waals surface area contributed by atoms with Crippen LogP contribution in [0.2, 0.25) is 5.02 Å². The van der Waals surface area contributed by atoms with Crippen molar-refractivity contribution in [2.75, 3.05) is 4.72 Å². The number of sulfonamides is 1. The number of carbonyl (C=O) groups excluding carboxylic acids is 1. The lowest BCUT2D eigenvalue weighted by Gasteiger charge is -2.09. The molecule has 1 N–H and O–H groups in total. The summed E-state index contributed by atoms with van der Waals surface area (Å²) in [5, 5.41) is 10.8. The highest BCUT2D eigenvalue weighted by atomic mass is 35.5.